The highest BCUT2D eigenvalue weighted by Crippen LogP contribution is 2.33. The smallest absolute Gasteiger partial charge is 0.255 e. The molecule has 3 heterocycles. The fourth-order valence-electron chi connectivity index (χ4n) is 3.72. The van der Waals surface area contributed by atoms with E-state index in [0.717, 1.165) is 16.1 Å². The quantitative estimate of drug-likeness (QED) is 0.582. The molecule has 0 unspecified atom stereocenters. The second-order valence-electron chi connectivity index (χ2n) is 9.42. The monoisotopic (exact) mass is 455 g/mol. The molecule has 0 aliphatic heterocycles. The van der Waals surface area contributed by atoms with Gasteiger partial charge in [-0.3, -0.25) is 9.59 Å². The third-order valence-electron chi connectivity index (χ3n) is 5.12. The summed E-state index contributed by atoms with van der Waals surface area (Å²) in [7, 11) is 0. The molecule has 8 heteroatoms. The molecule has 0 bridgehead atoms. The molecule has 2 amide bonds. The Morgan fingerprint density at radius 2 is 1.91 bits per heavy atom. The van der Waals surface area contributed by atoms with Crippen molar-refractivity contribution in [1.82, 2.24) is 25.0 Å². The molecule has 0 saturated carbocycles. The number of carbonyl (C=O) groups excluding carboxylic acids is 2. The number of fused-ring (bicyclic) bond motifs is 1. The molecule has 0 fully saturated rings. The molecule has 0 aliphatic rings. The zero-order valence-corrected chi connectivity index (χ0v) is 21.1. The molecule has 3 rings (SSSR count). The fraction of sp³-hybridized carbons (Fsp3) is 0.500. The molecule has 0 spiro atoms. The lowest BCUT2D eigenvalue weighted by molar-refractivity contribution is -0.123. The predicted molar refractivity (Wildman–Crippen MR) is 130 cm³/mol. The van der Waals surface area contributed by atoms with E-state index in [2.05, 4.69) is 30.3 Å². The summed E-state index contributed by atoms with van der Waals surface area (Å²) >= 11 is 1.71. The van der Waals surface area contributed by atoms with Crippen molar-refractivity contribution in [1.29, 1.82) is 0 Å². The summed E-state index contributed by atoms with van der Waals surface area (Å²) < 4.78 is 1.84. The maximum absolute atomic E-state index is 13.6. The number of carbonyl (C=O) groups is 2. The van der Waals surface area contributed by atoms with Gasteiger partial charge in [0.1, 0.15) is 0 Å². The zero-order chi connectivity index (χ0) is 23.8. The Morgan fingerprint density at radius 3 is 2.44 bits per heavy atom. The Kier molecular flexibility index (Phi) is 6.74. The van der Waals surface area contributed by atoms with E-state index in [-0.39, 0.29) is 29.9 Å². The molecule has 1 N–H and O–H groups in total. The largest absolute Gasteiger partial charge is 0.350 e. The average Bonchev–Trinajstić information content (AvgIpc) is 3.25. The van der Waals surface area contributed by atoms with Gasteiger partial charge in [0.05, 0.1) is 29.4 Å². The van der Waals surface area contributed by atoms with Crippen molar-refractivity contribution in [2.75, 3.05) is 13.1 Å². The number of aromatic nitrogens is 3. The standard InChI is InChI=1S/C24H33N5O2S/c1-9-28(13-21(30)27-24(6,7)8)23(31)18-11-20(17-10-15(4)32-16(17)5)26-22-19(18)12-25-29(22)14(2)3/h10-12,14H,9,13H2,1-8H3,(H,27,30). The van der Waals surface area contributed by atoms with Crippen molar-refractivity contribution in [2.24, 2.45) is 0 Å². The topological polar surface area (TPSA) is 80.1 Å². The van der Waals surface area contributed by atoms with Gasteiger partial charge >= 0.3 is 0 Å². The molecule has 0 radical (unpaired) electrons. The summed E-state index contributed by atoms with van der Waals surface area (Å²) in [5.41, 5.74) is 2.61. The van der Waals surface area contributed by atoms with Crippen LogP contribution >= 0.6 is 11.3 Å². The Hall–Kier alpha value is -2.74. The van der Waals surface area contributed by atoms with Crippen LogP contribution in [-0.2, 0) is 4.79 Å². The van der Waals surface area contributed by atoms with Gasteiger partial charge in [-0.2, -0.15) is 5.10 Å². The molecular weight excluding hydrogens is 422 g/mol. The first kappa shape index (κ1) is 23.9. The number of likely N-dealkylation sites (N-methyl/N-ethyl adjacent to an activating group) is 1. The second-order valence-corrected chi connectivity index (χ2v) is 10.9. The van der Waals surface area contributed by atoms with E-state index in [0.29, 0.717) is 23.1 Å². The van der Waals surface area contributed by atoms with Crippen LogP contribution in [0.5, 0.6) is 0 Å². The Labute approximate surface area is 193 Å². The highest BCUT2D eigenvalue weighted by molar-refractivity contribution is 7.12. The maximum Gasteiger partial charge on any atom is 0.255 e. The van der Waals surface area contributed by atoms with Crippen LogP contribution in [0.3, 0.4) is 0 Å². The maximum atomic E-state index is 13.6. The lowest BCUT2D eigenvalue weighted by atomic mass is 10.1. The Morgan fingerprint density at radius 1 is 1.22 bits per heavy atom. The van der Waals surface area contributed by atoms with Crippen LogP contribution < -0.4 is 5.32 Å². The van der Waals surface area contributed by atoms with Crippen LogP contribution in [0, 0.1) is 13.8 Å². The molecule has 32 heavy (non-hydrogen) atoms. The molecular formula is C24H33N5O2S. The number of nitrogens with zero attached hydrogens (tertiary/aromatic N) is 4. The van der Waals surface area contributed by atoms with Crippen molar-refractivity contribution in [3.63, 3.8) is 0 Å². The fourth-order valence-corrected chi connectivity index (χ4v) is 4.66. The van der Waals surface area contributed by atoms with Gasteiger partial charge in [-0.05, 0) is 67.5 Å². The van der Waals surface area contributed by atoms with Gasteiger partial charge in [0, 0.05) is 33.4 Å². The third kappa shape index (κ3) is 5.01. The second kappa shape index (κ2) is 9.02. The van der Waals surface area contributed by atoms with E-state index in [1.165, 1.54) is 4.88 Å². The minimum Gasteiger partial charge on any atom is -0.350 e. The van der Waals surface area contributed by atoms with Crippen LogP contribution in [-0.4, -0.2) is 50.1 Å². The van der Waals surface area contributed by atoms with Gasteiger partial charge in [0.25, 0.3) is 5.91 Å². The number of amides is 2. The van der Waals surface area contributed by atoms with Crippen LogP contribution in [0.4, 0.5) is 0 Å². The zero-order valence-electron chi connectivity index (χ0n) is 20.2. The average molecular weight is 456 g/mol. The lowest BCUT2D eigenvalue weighted by Crippen LogP contribution is -2.47. The van der Waals surface area contributed by atoms with Crippen LogP contribution in [0.1, 0.15) is 67.7 Å². The summed E-state index contributed by atoms with van der Waals surface area (Å²) in [5.74, 6) is -0.376. The van der Waals surface area contributed by atoms with Gasteiger partial charge < -0.3 is 10.2 Å². The summed E-state index contributed by atoms with van der Waals surface area (Å²) in [6.07, 6.45) is 1.70. The number of hydrogen-bond acceptors (Lipinski definition) is 5. The summed E-state index contributed by atoms with van der Waals surface area (Å²) in [6, 6.07) is 4.05. The minimum absolute atomic E-state index is 0.000652. The van der Waals surface area contributed by atoms with Crippen LogP contribution in [0.25, 0.3) is 22.3 Å². The van der Waals surface area contributed by atoms with E-state index in [1.807, 2.05) is 52.3 Å². The summed E-state index contributed by atoms with van der Waals surface area (Å²) in [5, 5.41) is 8.14. The van der Waals surface area contributed by atoms with Crippen molar-refractivity contribution in [3.8, 4) is 11.3 Å². The van der Waals surface area contributed by atoms with Crippen molar-refractivity contribution in [2.45, 2.75) is 67.0 Å². The van der Waals surface area contributed by atoms with Gasteiger partial charge in [0.2, 0.25) is 5.91 Å². The molecule has 0 atom stereocenters. The summed E-state index contributed by atoms with van der Waals surface area (Å²) in [6.45, 7) is 16.3. The van der Waals surface area contributed by atoms with Gasteiger partial charge in [0.15, 0.2) is 5.65 Å². The number of aryl methyl sites for hydroxylation is 2. The summed E-state index contributed by atoms with van der Waals surface area (Å²) in [4.78, 5) is 35.0. The highest BCUT2D eigenvalue weighted by Gasteiger charge is 2.25. The molecule has 0 aliphatic carbocycles. The molecule has 7 nitrogen and oxygen atoms in total. The SMILES string of the molecule is CCN(CC(=O)NC(C)(C)C)C(=O)c1cc(-c2cc(C)sc2C)nc2c1cnn2C(C)C. The highest BCUT2D eigenvalue weighted by atomic mass is 32.1. The first-order valence-electron chi connectivity index (χ1n) is 11.0. The third-order valence-corrected chi connectivity index (χ3v) is 6.09. The number of nitrogens with one attached hydrogen (secondary N) is 1. The number of rotatable bonds is 6. The van der Waals surface area contributed by atoms with Crippen LogP contribution in [0.2, 0.25) is 0 Å². The minimum atomic E-state index is -0.358. The number of hydrogen-bond donors (Lipinski definition) is 1. The van der Waals surface area contributed by atoms with E-state index in [4.69, 9.17) is 4.98 Å². The van der Waals surface area contributed by atoms with E-state index in [1.54, 1.807) is 22.4 Å². The number of pyridine rings is 1. The van der Waals surface area contributed by atoms with E-state index >= 15 is 0 Å². The molecule has 0 aromatic carbocycles. The molecule has 3 aromatic heterocycles. The van der Waals surface area contributed by atoms with Crippen molar-refractivity contribution >= 4 is 34.2 Å². The number of thiophene rings is 1. The predicted octanol–water partition coefficient (Wildman–Crippen LogP) is 4.73. The molecule has 3 aromatic rings. The van der Waals surface area contributed by atoms with E-state index in [9.17, 15) is 9.59 Å². The Bertz CT molecular complexity index is 1150. The van der Waals surface area contributed by atoms with Gasteiger partial charge in [-0.25, -0.2) is 9.67 Å². The van der Waals surface area contributed by atoms with Gasteiger partial charge in [-0.15, -0.1) is 11.3 Å². The van der Waals surface area contributed by atoms with Gasteiger partial charge in [-0.1, -0.05) is 0 Å². The lowest BCUT2D eigenvalue weighted by Gasteiger charge is -2.25. The van der Waals surface area contributed by atoms with E-state index < -0.39 is 0 Å². The van der Waals surface area contributed by atoms with Crippen molar-refractivity contribution in [3.05, 3.63) is 33.6 Å². The first-order chi connectivity index (χ1) is 14.9. The van der Waals surface area contributed by atoms with Crippen molar-refractivity contribution < 1.29 is 9.59 Å². The first-order valence-corrected chi connectivity index (χ1v) is 11.8. The Balaban J connectivity index is 2.10. The normalized spacial score (nSPS) is 11.9. The molecule has 172 valence electrons. The molecule has 0 saturated heterocycles. The van der Waals surface area contributed by atoms with Crippen LogP contribution in [0.15, 0.2) is 18.3 Å².